The molecule has 0 atom stereocenters. The first kappa shape index (κ1) is 17.8. The number of piperidine rings is 1. The Bertz CT molecular complexity index is 380. The van der Waals surface area contributed by atoms with Gasteiger partial charge in [0.05, 0.1) is 12.1 Å². The first-order valence-electron chi connectivity index (χ1n) is 7.45. The van der Waals surface area contributed by atoms with Gasteiger partial charge < -0.3 is 20.1 Å². The Kier molecular flexibility index (Phi) is 5.61. The van der Waals surface area contributed by atoms with Crippen LogP contribution in [0.25, 0.3) is 0 Å². The molecular formula is C15H28N2O4. The van der Waals surface area contributed by atoms with Crippen molar-refractivity contribution < 1.29 is 19.4 Å². The largest absolute Gasteiger partial charge is 0.444 e. The van der Waals surface area contributed by atoms with Gasteiger partial charge >= 0.3 is 6.09 Å². The lowest BCUT2D eigenvalue weighted by molar-refractivity contribution is -0.128. The minimum Gasteiger partial charge on any atom is -0.444 e. The summed E-state index contributed by atoms with van der Waals surface area (Å²) in [6.07, 6.45) is 0.913. The van der Waals surface area contributed by atoms with Gasteiger partial charge in [0.25, 0.3) is 0 Å². The van der Waals surface area contributed by atoms with Crippen molar-refractivity contribution in [2.24, 2.45) is 5.92 Å². The average Bonchev–Trinajstić information content (AvgIpc) is 2.36. The Hall–Kier alpha value is -1.30. The fourth-order valence-electron chi connectivity index (χ4n) is 2.13. The Morgan fingerprint density at radius 2 is 1.71 bits per heavy atom. The van der Waals surface area contributed by atoms with Crippen LogP contribution >= 0.6 is 0 Å². The molecule has 2 amide bonds. The van der Waals surface area contributed by atoms with Gasteiger partial charge in [0.2, 0.25) is 5.91 Å². The van der Waals surface area contributed by atoms with E-state index >= 15 is 0 Å². The van der Waals surface area contributed by atoms with Crippen LogP contribution in [0.5, 0.6) is 0 Å². The lowest BCUT2D eigenvalue weighted by Crippen LogP contribution is -2.51. The first-order chi connectivity index (χ1) is 9.54. The summed E-state index contributed by atoms with van der Waals surface area (Å²) in [4.78, 5) is 25.7. The average molecular weight is 300 g/mol. The molecule has 2 N–H and O–H groups in total. The maximum atomic E-state index is 12.1. The number of carbonyl (C=O) groups is 2. The van der Waals surface area contributed by atoms with E-state index in [0.29, 0.717) is 25.9 Å². The highest BCUT2D eigenvalue weighted by Gasteiger charge is 2.31. The highest BCUT2D eigenvalue weighted by Crippen LogP contribution is 2.20. The molecule has 21 heavy (non-hydrogen) atoms. The zero-order valence-corrected chi connectivity index (χ0v) is 13.7. The predicted octanol–water partition coefficient (Wildman–Crippen LogP) is 1.52. The van der Waals surface area contributed by atoms with E-state index in [0.717, 1.165) is 0 Å². The van der Waals surface area contributed by atoms with Crippen molar-refractivity contribution in [1.82, 2.24) is 10.2 Å². The lowest BCUT2D eigenvalue weighted by atomic mass is 9.94. The van der Waals surface area contributed by atoms with Crippen LogP contribution in [0.3, 0.4) is 0 Å². The molecule has 6 nitrogen and oxygen atoms in total. The highest BCUT2D eigenvalue weighted by molar-refractivity contribution is 5.80. The Morgan fingerprint density at radius 1 is 1.19 bits per heavy atom. The molecule has 0 aromatic carbocycles. The summed E-state index contributed by atoms with van der Waals surface area (Å²) in [5.41, 5.74) is -1.12. The number of aliphatic hydroxyl groups is 1. The molecule has 1 heterocycles. The molecule has 122 valence electrons. The monoisotopic (exact) mass is 300 g/mol. The van der Waals surface area contributed by atoms with E-state index in [4.69, 9.17) is 4.74 Å². The Balaban J connectivity index is 2.45. The highest BCUT2D eigenvalue weighted by atomic mass is 16.6. The van der Waals surface area contributed by atoms with E-state index in [1.165, 1.54) is 0 Å². The Morgan fingerprint density at radius 3 is 2.14 bits per heavy atom. The molecule has 1 fully saturated rings. The molecule has 0 aromatic heterocycles. The molecule has 0 bridgehead atoms. The molecule has 0 radical (unpaired) electrons. The molecule has 1 aliphatic rings. The molecule has 0 aromatic rings. The van der Waals surface area contributed by atoms with Crippen LogP contribution in [0.2, 0.25) is 0 Å². The van der Waals surface area contributed by atoms with Gasteiger partial charge in [0, 0.05) is 19.0 Å². The van der Waals surface area contributed by atoms with Crippen molar-refractivity contribution in [3.05, 3.63) is 0 Å². The molecule has 6 heteroatoms. The van der Waals surface area contributed by atoms with Gasteiger partial charge in [-0.3, -0.25) is 4.79 Å². The third kappa shape index (κ3) is 5.91. The SMILES string of the molecule is CC(C)(CO)NC(=O)C1CCN(C(=O)OC(C)(C)C)CC1. The number of nitrogens with zero attached hydrogens (tertiary/aromatic N) is 1. The predicted molar refractivity (Wildman–Crippen MR) is 79.8 cm³/mol. The van der Waals surface area contributed by atoms with Gasteiger partial charge in [-0.05, 0) is 47.5 Å². The summed E-state index contributed by atoms with van der Waals surface area (Å²) in [6, 6.07) is 0. The molecule has 1 aliphatic heterocycles. The summed E-state index contributed by atoms with van der Waals surface area (Å²) in [5.74, 6) is -0.174. The van der Waals surface area contributed by atoms with Crippen LogP contribution in [0.15, 0.2) is 0 Å². The van der Waals surface area contributed by atoms with Gasteiger partial charge in [0.1, 0.15) is 5.60 Å². The lowest BCUT2D eigenvalue weighted by Gasteiger charge is -2.34. The molecular weight excluding hydrogens is 272 g/mol. The van der Waals surface area contributed by atoms with Crippen molar-refractivity contribution in [1.29, 1.82) is 0 Å². The summed E-state index contributed by atoms with van der Waals surface area (Å²) in [6.45, 7) is 10.0. The van der Waals surface area contributed by atoms with Crippen LogP contribution in [0, 0.1) is 5.92 Å². The number of likely N-dealkylation sites (tertiary alicyclic amines) is 1. The quantitative estimate of drug-likeness (QED) is 0.828. The van der Waals surface area contributed by atoms with E-state index in [9.17, 15) is 14.7 Å². The van der Waals surface area contributed by atoms with Crippen molar-refractivity contribution in [3.8, 4) is 0 Å². The van der Waals surface area contributed by atoms with Gasteiger partial charge in [-0.1, -0.05) is 0 Å². The van der Waals surface area contributed by atoms with E-state index in [-0.39, 0.29) is 24.5 Å². The van der Waals surface area contributed by atoms with Crippen molar-refractivity contribution >= 4 is 12.0 Å². The number of carbonyl (C=O) groups excluding carboxylic acids is 2. The zero-order valence-electron chi connectivity index (χ0n) is 13.7. The summed E-state index contributed by atoms with van der Waals surface area (Å²) >= 11 is 0. The molecule has 0 unspecified atom stereocenters. The third-order valence-corrected chi connectivity index (χ3v) is 3.37. The number of rotatable bonds is 3. The fraction of sp³-hybridized carbons (Fsp3) is 0.867. The van der Waals surface area contributed by atoms with Crippen molar-refractivity contribution in [3.63, 3.8) is 0 Å². The van der Waals surface area contributed by atoms with Gasteiger partial charge in [0.15, 0.2) is 0 Å². The maximum absolute atomic E-state index is 12.1. The number of amides is 2. The second kappa shape index (κ2) is 6.64. The number of aliphatic hydroxyl groups excluding tert-OH is 1. The van der Waals surface area contributed by atoms with E-state index in [1.807, 2.05) is 20.8 Å². The third-order valence-electron chi connectivity index (χ3n) is 3.37. The molecule has 0 saturated carbocycles. The first-order valence-corrected chi connectivity index (χ1v) is 7.45. The van der Waals surface area contributed by atoms with Gasteiger partial charge in [-0.2, -0.15) is 0 Å². The summed E-state index contributed by atoms with van der Waals surface area (Å²) in [7, 11) is 0. The summed E-state index contributed by atoms with van der Waals surface area (Å²) in [5, 5.41) is 12.0. The topological polar surface area (TPSA) is 78.9 Å². The maximum Gasteiger partial charge on any atom is 0.410 e. The number of nitrogens with one attached hydrogen (secondary N) is 1. The second-order valence-corrected chi connectivity index (χ2v) is 7.27. The van der Waals surface area contributed by atoms with Gasteiger partial charge in [-0.25, -0.2) is 4.79 Å². The van der Waals surface area contributed by atoms with Gasteiger partial charge in [-0.15, -0.1) is 0 Å². The van der Waals surface area contributed by atoms with Crippen LogP contribution in [-0.2, 0) is 9.53 Å². The van der Waals surface area contributed by atoms with E-state index in [1.54, 1.807) is 18.7 Å². The van der Waals surface area contributed by atoms with Crippen LogP contribution in [0.1, 0.15) is 47.5 Å². The normalized spacial score (nSPS) is 17.5. The molecule has 1 rings (SSSR count). The van der Waals surface area contributed by atoms with Crippen LogP contribution in [-0.4, -0.2) is 52.8 Å². The molecule has 0 spiro atoms. The van der Waals surface area contributed by atoms with Crippen molar-refractivity contribution in [2.75, 3.05) is 19.7 Å². The van der Waals surface area contributed by atoms with E-state index < -0.39 is 11.1 Å². The fourth-order valence-corrected chi connectivity index (χ4v) is 2.13. The summed E-state index contributed by atoms with van der Waals surface area (Å²) < 4.78 is 5.32. The van der Waals surface area contributed by atoms with Crippen LogP contribution in [0.4, 0.5) is 4.79 Å². The standard InChI is InChI=1S/C15H28N2O4/c1-14(2,3)21-13(20)17-8-6-11(7-9-17)12(19)16-15(4,5)10-18/h11,18H,6-10H2,1-5H3,(H,16,19). The van der Waals surface area contributed by atoms with E-state index in [2.05, 4.69) is 5.32 Å². The minimum atomic E-state index is -0.612. The zero-order chi connectivity index (χ0) is 16.3. The minimum absolute atomic E-state index is 0.0575. The number of hydrogen-bond acceptors (Lipinski definition) is 4. The smallest absolute Gasteiger partial charge is 0.410 e. The second-order valence-electron chi connectivity index (χ2n) is 7.27. The molecule has 0 aliphatic carbocycles. The number of hydrogen-bond donors (Lipinski definition) is 2. The molecule has 1 saturated heterocycles. The number of ether oxygens (including phenoxy) is 1. The van der Waals surface area contributed by atoms with Crippen LogP contribution < -0.4 is 5.32 Å². The Labute approximate surface area is 126 Å². The van der Waals surface area contributed by atoms with Crippen molar-refractivity contribution in [2.45, 2.75) is 58.6 Å².